The number of halogens is 4. The number of rotatable bonds is 14. The van der Waals surface area contributed by atoms with Crippen LogP contribution in [-0.4, -0.2) is 77.9 Å². The molecule has 4 rings (SSSR count). The smallest absolute Gasteiger partial charge is 0.390 e. The van der Waals surface area contributed by atoms with Gasteiger partial charge in [-0.05, 0) is 80.3 Å². The molecule has 0 unspecified atom stereocenters. The van der Waals surface area contributed by atoms with Gasteiger partial charge in [0.25, 0.3) is 0 Å². The van der Waals surface area contributed by atoms with Crippen molar-refractivity contribution in [1.82, 2.24) is 14.8 Å². The molecule has 0 amide bonds. The van der Waals surface area contributed by atoms with E-state index in [4.69, 9.17) is 9.72 Å². The summed E-state index contributed by atoms with van der Waals surface area (Å²) in [4.78, 5) is 20.8. The van der Waals surface area contributed by atoms with E-state index in [1.165, 1.54) is 18.7 Å². The fourth-order valence-corrected chi connectivity index (χ4v) is 6.23. The van der Waals surface area contributed by atoms with E-state index < -0.39 is 30.4 Å². The van der Waals surface area contributed by atoms with E-state index >= 15 is 0 Å². The van der Waals surface area contributed by atoms with Gasteiger partial charge in [-0.3, -0.25) is 14.6 Å². The third kappa shape index (κ3) is 8.81. The molecule has 2 aliphatic rings. The first kappa shape index (κ1) is 33.0. The molecule has 11 heteroatoms. The lowest BCUT2D eigenvalue weighted by Gasteiger charge is -2.31. The number of alkyl halides is 3. The van der Waals surface area contributed by atoms with E-state index in [0.717, 1.165) is 56.6 Å². The molecule has 1 aromatic carbocycles. The van der Waals surface area contributed by atoms with E-state index in [2.05, 4.69) is 17.4 Å². The van der Waals surface area contributed by atoms with E-state index in [0.29, 0.717) is 25.1 Å². The molecule has 3 heterocycles. The van der Waals surface area contributed by atoms with Gasteiger partial charge in [0.2, 0.25) is 0 Å². The minimum atomic E-state index is -4.28. The van der Waals surface area contributed by atoms with Crippen molar-refractivity contribution in [1.29, 1.82) is 0 Å². The van der Waals surface area contributed by atoms with Crippen molar-refractivity contribution in [2.45, 2.75) is 89.4 Å². The molecule has 2 aromatic rings. The first-order valence-electron chi connectivity index (χ1n) is 15.3. The van der Waals surface area contributed by atoms with Crippen LogP contribution in [0.15, 0.2) is 24.3 Å². The zero-order chi connectivity index (χ0) is 31.1. The molecular formula is C32H44F4N4O3. The van der Waals surface area contributed by atoms with Crippen molar-refractivity contribution in [3.8, 4) is 5.75 Å². The molecule has 1 aromatic heterocycles. The highest BCUT2D eigenvalue weighted by molar-refractivity contribution is 5.77. The number of carboxylic acid groups (broad SMARTS) is 1. The lowest BCUT2D eigenvalue weighted by Crippen LogP contribution is -2.41. The van der Waals surface area contributed by atoms with Crippen molar-refractivity contribution < 1.29 is 32.2 Å². The Labute approximate surface area is 251 Å². The van der Waals surface area contributed by atoms with Crippen LogP contribution in [0.2, 0.25) is 0 Å². The van der Waals surface area contributed by atoms with Gasteiger partial charge >= 0.3 is 12.1 Å². The molecule has 2 atom stereocenters. The maximum atomic E-state index is 14.9. The van der Waals surface area contributed by atoms with Crippen LogP contribution in [-0.2, 0) is 17.6 Å². The summed E-state index contributed by atoms with van der Waals surface area (Å²) in [5.41, 5.74) is 3.14. The summed E-state index contributed by atoms with van der Waals surface area (Å²) in [6.07, 6.45) is 0.731. The maximum Gasteiger partial charge on any atom is 0.390 e. The fraction of sp³-hybridized carbons (Fsp3) is 0.625. The minimum Gasteiger partial charge on any atom is -0.493 e. The number of methoxy groups -OCH3 is 1. The Balaban J connectivity index is 1.40. The van der Waals surface area contributed by atoms with Gasteiger partial charge in [0.1, 0.15) is 11.9 Å². The molecule has 2 N–H and O–H groups in total. The summed E-state index contributed by atoms with van der Waals surface area (Å²) in [5, 5.41) is 13.6. The second kappa shape index (κ2) is 14.7. The number of anilines is 1. The molecule has 0 radical (unpaired) electrons. The van der Waals surface area contributed by atoms with Crippen LogP contribution in [0, 0.1) is 5.82 Å². The molecule has 1 saturated heterocycles. The lowest BCUT2D eigenvalue weighted by atomic mass is 9.95. The second-order valence-corrected chi connectivity index (χ2v) is 12.0. The Morgan fingerprint density at radius 2 is 2.00 bits per heavy atom. The van der Waals surface area contributed by atoms with Gasteiger partial charge in [-0.1, -0.05) is 26.3 Å². The van der Waals surface area contributed by atoms with Crippen molar-refractivity contribution >= 4 is 11.8 Å². The number of ether oxygens (including phenoxy) is 1. The molecule has 0 spiro atoms. The van der Waals surface area contributed by atoms with Crippen LogP contribution in [0.1, 0.15) is 86.7 Å². The Hall–Kier alpha value is -2.92. The number of aliphatic carboxylic acids is 1. The number of pyridine rings is 1. The highest BCUT2D eigenvalue weighted by atomic mass is 19.4. The molecule has 0 aliphatic carbocycles. The van der Waals surface area contributed by atoms with Crippen LogP contribution in [0.25, 0.3) is 0 Å². The number of aryl methyl sites for hydroxylation is 2. The van der Waals surface area contributed by atoms with Gasteiger partial charge in [-0.15, -0.1) is 0 Å². The standard InChI is InChI=1S/C32H44F4N4O3/c1-21(2)23-18-26(29(43-3)27(33)19-23)28(31(41)42)40-16-12-25(20-40)39(17-13-32(34,35)36)15-6-4-5-9-24-11-10-22-8-7-14-37-30(22)38-24/h10-11,18-19,21,25,28H,4-9,12-17,20H2,1-3H3,(H,37,38)(H,41,42)/t25-,28-/m1/s1. The minimum absolute atomic E-state index is 0.0301. The molecule has 0 bridgehead atoms. The van der Waals surface area contributed by atoms with Gasteiger partial charge in [-0.2, -0.15) is 13.2 Å². The maximum absolute atomic E-state index is 14.9. The number of fused-ring (bicyclic) bond motifs is 1. The van der Waals surface area contributed by atoms with Gasteiger partial charge in [-0.25, -0.2) is 9.37 Å². The number of carboxylic acids is 1. The topological polar surface area (TPSA) is 77.9 Å². The summed E-state index contributed by atoms with van der Waals surface area (Å²) in [5.74, 6) is -0.953. The van der Waals surface area contributed by atoms with E-state index in [1.807, 2.05) is 18.7 Å². The average Bonchev–Trinajstić information content (AvgIpc) is 3.42. The molecule has 7 nitrogen and oxygen atoms in total. The number of carbonyl (C=O) groups is 1. The predicted octanol–water partition coefficient (Wildman–Crippen LogP) is 6.58. The number of benzene rings is 1. The summed E-state index contributed by atoms with van der Waals surface area (Å²) >= 11 is 0. The Bertz CT molecular complexity index is 1240. The van der Waals surface area contributed by atoms with Crippen molar-refractivity contribution in [2.24, 2.45) is 0 Å². The molecular weight excluding hydrogens is 564 g/mol. The van der Waals surface area contributed by atoms with Crippen LogP contribution in [0.5, 0.6) is 5.75 Å². The number of hydrogen-bond acceptors (Lipinski definition) is 6. The molecule has 2 aliphatic heterocycles. The number of nitrogens with zero attached hydrogens (tertiary/aromatic N) is 3. The number of likely N-dealkylation sites (tertiary alicyclic amines) is 1. The van der Waals surface area contributed by atoms with Crippen molar-refractivity contribution in [3.05, 3.63) is 52.5 Å². The van der Waals surface area contributed by atoms with Crippen LogP contribution >= 0.6 is 0 Å². The summed E-state index contributed by atoms with van der Waals surface area (Å²) < 4.78 is 59.9. The summed E-state index contributed by atoms with van der Waals surface area (Å²) in [6, 6.07) is 5.81. The SMILES string of the molecule is COc1c(F)cc(C(C)C)cc1[C@H](C(=O)O)N1CC[C@@H](N(CCCCCc2ccc3c(n2)NCCC3)CCC(F)(F)F)C1. The predicted molar refractivity (Wildman–Crippen MR) is 158 cm³/mol. The van der Waals surface area contributed by atoms with E-state index in [-0.39, 0.29) is 36.4 Å². The Kier molecular flexibility index (Phi) is 11.3. The number of aromatic nitrogens is 1. The number of unbranched alkanes of at least 4 members (excludes halogenated alkanes) is 2. The average molecular weight is 609 g/mol. The van der Waals surface area contributed by atoms with Crippen molar-refractivity contribution in [3.63, 3.8) is 0 Å². The van der Waals surface area contributed by atoms with Gasteiger partial charge in [0.15, 0.2) is 11.6 Å². The van der Waals surface area contributed by atoms with Crippen LogP contribution in [0.3, 0.4) is 0 Å². The molecule has 1 fully saturated rings. The van der Waals surface area contributed by atoms with E-state index in [9.17, 15) is 27.5 Å². The highest BCUT2D eigenvalue weighted by Crippen LogP contribution is 2.37. The second-order valence-electron chi connectivity index (χ2n) is 12.0. The summed E-state index contributed by atoms with van der Waals surface area (Å²) in [7, 11) is 1.31. The third-order valence-corrected chi connectivity index (χ3v) is 8.58. The van der Waals surface area contributed by atoms with Crippen LogP contribution < -0.4 is 10.1 Å². The molecule has 0 saturated carbocycles. The Morgan fingerprint density at radius 3 is 2.70 bits per heavy atom. The number of nitrogens with one attached hydrogen (secondary N) is 1. The molecule has 43 heavy (non-hydrogen) atoms. The number of hydrogen-bond donors (Lipinski definition) is 2. The zero-order valence-corrected chi connectivity index (χ0v) is 25.4. The first-order chi connectivity index (χ1) is 20.5. The third-order valence-electron chi connectivity index (χ3n) is 8.58. The van der Waals surface area contributed by atoms with Crippen molar-refractivity contribution in [2.75, 3.05) is 45.2 Å². The fourth-order valence-electron chi connectivity index (χ4n) is 6.23. The largest absolute Gasteiger partial charge is 0.493 e. The molecule has 238 valence electrons. The quantitative estimate of drug-likeness (QED) is 0.185. The van der Waals surface area contributed by atoms with Crippen LogP contribution in [0.4, 0.5) is 23.4 Å². The zero-order valence-electron chi connectivity index (χ0n) is 25.4. The monoisotopic (exact) mass is 608 g/mol. The summed E-state index contributed by atoms with van der Waals surface area (Å²) in [6.45, 7) is 5.72. The Morgan fingerprint density at radius 1 is 1.21 bits per heavy atom. The first-order valence-corrected chi connectivity index (χ1v) is 15.3. The highest BCUT2D eigenvalue weighted by Gasteiger charge is 2.39. The van der Waals surface area contributed by atoms with E-state index in [1.54, 1.807) is 11.0 Å². The van der Waals surface area contributed by atoms with Gasteiger partial charge < -0.3 is 15.2 Å². The van der Waals surface area contributed by atoms with Gasteiger partial charge in [0.05, 0.1) is 13.5 Å². The van der Waals surface area contributed by atoms with Gasteiger partial charge in [0, 0.05) is 43.5 Å². The lowest BCUT2D eigenvalue weighted by molar-refractivity contribution is -0.143. The normalized spacial score (nSPS) is 18.1.